The lowest BCUT2D eigenvalue weighted by atomic mass is 10.0. The Balaban J connectivity index is 1.71. The molecule has 150 valence electrons. The summed E-state index contributed by atoms with van der Waals surface area (Å²) in [5, 5.41) is 0.748. The maximum absolute atomic E-state index is 13.5. The molecule has 1 aliphatic heterocycles. The number of rotatable bonds is 4. The number of carbonyl (C=O) groups excluding carboxylic acids is 1. The Hall–Kier alpha value is -3.15. The normalized spacial score (nSPS) is 16.3. The first-order chi connectivity index (χ1) is 14.0. The first kappa shape index (κ1) is 19.2. The number of halogens is 1. The van der Waals surface area contributed by atoms with E-state index in [1.165, 1.54) is 12.1 Å². The molecule has 1 atom stereocenters. The first-order valence-electron chi connectivity index (χ1n) is 9.61. The fraction of sp³-hybridized carbons (Fsp3) is 0.304. The summed E-state index contributed by atoms with van der Waals surface area (Å²) in [5.41, 5.74) is 2.66. The van der Waals surface area contributed by atoms with E-state index in [1.807, 2.05) is 23.1 Å². The molecular weight excluding hydrogens is 371 g/mol. The first-order valence-corrected chi connectivity index (χ1v) is 9.61. The number of hydrogen-bond donors (Lipinski definition) is 0. The average Bonchev–Trinajstić information content (AvgIpc) is 3.21. The van der Waals surface area contributed by atoms with Gasteiger partial charge in [-0.1, -0.05) is 0 Å². The minimum Gasteiger partial charge on any atom is -0.497 e. The van der Waals surface area contributed by atoms with E-state index < -0.39 is 0 Å². The van der Waals surface area contributed by atoms with Gasteiger partial charge in [0.15, 0.2) is 0 Å². The van der Waals surface area contributed by atoms with Gasteiger partial charge in [0.25, 0.3) is 5.91 Å². The lowest BCUT2D eigenvalue weighted by Crippen LogP contribution is -2.31. The Morgan fingerprint density at radius 1 is 1.14 bits per heavy atom. The summed E-state index contributed by atoms with van der Waals surface area (Å²) in [4.78, 5) is 19.8. The van der Waals surface area contributed by atoms with Crippen LogP contribution in [0.25, 0.3) is 10.9 Å². The maximum atomic E-state index is 13.5. The smallest absolute Gasteiger partial charge is 0.256 e. The number of pyridine rings is 1. The molecule has 4 rings (SSSR count). The fourth-order valence-electron chi connectivity index (χ4n) is 4.03. The zero-order chi connectivity index (χ0) is 20.5. The standard InChI is InChI=1S/C23H23FN2O3/c1-14-19(11-15-6-7-16(24)12-20(15)25-14)23(27)26-10-4-5-21(26)18-9-8-17(28-2)13-22(18)29-3/h6-9,11-13,21H,4-5,10H2,1-3H3. The van der Waals surface area contributed by atoms with Crippen LogP contribution in [-0.2, 0) is 0 Å². The molecule has 0 N–H and O–H groups in total. The van der Waals surface area contributed by atoms with E-state index in [0.29, 0.717) is 34.8 Å². The van der Waals surface area contributed by atoms with Crippen LogP contribution < -0.4 is 9.47 Å². The third-order valence-corrected chi connectivity index (χ3v) is 5.51. The lowest BCUT2D eigenvalue weighted by molar-refractivity contribution is 0.0733. The highest BCUT2D eigenvalue weighted by atomic mass is 19.1. The van der Waals surface area contributed by atoms with Gasteiger partial charge in [-0.2, -0.15) is 0 Å². The van der Waals surface area contributed by atoms with Crippen LogP contribution >= 0.6 is 0 Å². The van der Waals surface area contributed by atoms with Crippen molar-refractivity contribution in [1.29, 1.82) is 0 Å². The molecule has 3 aromatic rings. The van der Waals surface area contributed by atoms with Gasteiger partial charge in [0.1, 0.15) is 17.3 Å². The van der Waals surface area contributed by atoms with Crippen molar-refractivity contribution in [3.63, 3.8) is 0 Å². The molecule has 1 saturated heterocycles. The van der Waals surface area contributed by atoms with E-state index in [2.05, 4.69) is 4.98 Å². The summed E-state index contributed by atoms with van der Waals surface area (Å²) >= 11 is 0. The van der Waals surface area contributed by atoms with Crippen molar-refractivity contribution in [3.8, 4) is 11.5 Å². The van der Waals surface area contributed by atoms with Crippen LogP contribution in [0, 0.1) is 12.7 Å². The van der Waals surface area contributed by atoms with Crippen molar-refractivity contribution in [3.05, 3.63) is 65.1 Å². The van der Waals surface area contributed by atoms with Crippen molar-refractivity contribution < 1.29 is 18.7 Å². The number of likely N-dealkylation sites (tertiary alicyclic amines) is 1. The summed E-state index contributed by atoms with van der Waals surface area (Å²) in [6.07, 6.45) is 1.77. The van der Waals surface area contributed by atoms with E-state index in [4.69, 9.17) is 9.47 Å². The highest BCUT2D eigenvalue weighted by Gasteiger charge is 2.33. The molecule has 1 fully saturated rings. The number of carbonyl (C=O) groups is 1. The van der Waals surface area contributed by atoms with Crippen molar-refractivity contribution >= 4 is 16.8 Å². The monoisotopic (exact) mass is 394 g/mol. The summed E-state index contributed by atoms with van der Waals surface area (Å²) in [6.45, 7) is 2.45. The highest BCUT2D eigenvalue weighted by Crippen LogP contribution is 2.39. The van der Waals surface area contributed by atoms with Gasteiger partial charge in [-0.3, -0.25) is 9.78 Å². The zero-order valence-corrected chi connectivity index (χ0v) is 16.7. The maximum Gasteiger partial charge on any atom is 0.256 e. The van der Waals surface area contributed by atoms with Gasteiger partial charge in [-0.05, 0) is 50.1 Å². The van der Waals surface area contributed by atoms with Gasteiger partial charge >= 0.3 is 0 Å². The lowest BCUT2D eigenvalue weighted by Gasteiger charge is -2.27. The number of methoxy groups -OCH3 is 2. The number of ether oxygens (including phenoxy) is 2. The largest absolute Gasteiger partial charge is 0.497 e. The number of aromatic nitrogens is 1. The minimum absolute atomic E-state index is 0.0680. The molecule has 0 bridgehead atoms. The minimum atomic E-state index is -0.338. The molecule has 0 spiro atoms. The number of hydrogen-bond acceptors (Lipinski definition) is 4. The molecule has 1 aliphatic rings. The summed E-state index contributed by atoms with van der Waals surface area (Å²) in [7, 11) is 3.23. The molecule has 1 unspecified atom stereocenters. The van der Waals surface area contributed by atoms with Crippen LogP contribution in [0.1, 0.15) is 40.5 Å². The average molecular weight is 394 g/mol. The number of fused-ring (bicyclic) bond motifs is 1. The number of aryl methyl sites for hydroxylation is 1. The Morgan fingerprint density at radius 2 is 1.97 bits per heavy atom. The molecule has 0 aliphatic carbocycles. The molecule has 6 heteroatoms. The topological polar surface area (TPSA) is 51.7 Å². The molecule has 5 nitrogen and oxygen atoms in total. The fourth-order valence-corrected chi connectivity index (χ4v) is 4.03. The van der Waals surface area contributed by atoms with E-state index in [-0.39, 0.29) is 17.8 Å². The van der Waals surface area contributed by atoms with Gasteiger partial charge in [0.05, 0.1) is 37.0 Å². The Bertz CT molecular complexity index is 1080. The molecule has 0 radical (unpaired) electrons. The predicted molar refractivity (Wildman–Crippen MR) is 109 cm³/mol. The number of benzene rings is 2. The molecule has 1 aromatic heterocycles. The SMILES string of the molecule is COc1ccc(C2CCCN2C(=O)c2cc3ccc(F)cc3nc2C)c(OC)c1. The van der Waals surface area contributed by atoms with Crippen molar-refractivity contribution in [2.75, 3.05) is 20.8 Å². The molecule has 0 saturated carbocycles. The summed E-state index contributed by atoms with van der Waals surface area (Å²) in [6, 6.07) is 11.8. The van der Waals surface area contributed by atoms with Gasteiger partial charge in [0, 0.05) is 29.6 Å². The van der Waals surface area contributed by atoms with Crippen molar-refractivity contribution in [1.82, 2.24) is 9.88 Å². The van der Waals surface area contributed by atoms with E-state index >= 15 is 0 Å². The summed E-state index contributed by atoms with van der Waals surface area (Å²) in [5.74, 6) is 1.01. The second-order valence-electron chi connectivity index (χ2n) is 7.22. The van der Waals surface area contributed by atoms with Crippen LogP contribution in [0.15, 0.2) is 42.5 Å². The molecule has 29 heavy (non-hydrogen) atoms. The zero-order valence-electron chi connectivity index (χ0n) is 16.7. The molecule has 2 heterocycles. The van der Waals surface area contributed by atoms with E-state index in [0.717, 1.165) is 23.8 Å². The Labute approximate surface area is 169 Å². The summed E-state index contributed by atoms with van der Waals surface area (Å²) < 4.78 is 24.3. The number of amides is 1. The Kier molecular flexibility index (Phi) is 5.09. The van der Waals surface area contributed by atoms with Crippen LogP contribution in [0.3, 0.4) is 0 Å². The van der Waals surface area contributed by atoms with Crippen LogP contribution in [0.5, 0.6) is 11.5 Å². The van der Waals surface area contributed by atoms with E-state index in [9.17, 15) is 9.18 Å². The number of nitrogens with zero attached hydrogens (tertiary/aromatic N) is 2. The van der Waals surface area contributed by atoms with Crippen molar-refractivity contribution in [2.24, 2.45) is 0 Å². The van der Waals surface area contributed by atoms with Gasteiger partial charge in [-0.15, -0.1) is 0 Å². The molecule has 1 amide bonds. The second-order valence-corrected chi connectivity index (χ2v) is 7.22. The van der Waals surface area contributed by atoms with Gasteiger partial charge in [-0.25, -0.2) is 4.39 Å². The van der Waals surface area contributed by atoms with Gasteiger partial charge in [0.2, 0.25) is 0 Å². The van der Waals surface area contributed by atoms with E-state index in [1.54, 1.807) is 33.3 Å². The van der Waals surface area contributed by atoms with Gasteiger partial charge < -0.3 is 14.4 Å². The third kappa shape index (κ3) is 3.50. The third-order valence-electron chi connectivity index (χ3n) is 5.51. The predicted octanol–water partition coefficient (Wildman–Crippen LogP) is 4.68. The Morgan fingerprint density at radius 3 is 2.72 bits per heavy atom. The van der Waals surface area contributed by atoms with Crippen LogP contribution in [-0.4, -0.2) is 36.6 Å². The highest BCUT2D eigenvalue weighted by molar-refractivity contribution is 5.99. The molecule has 2 aromatic carbocycles. The van der Waals surface area contributed by atoms with Crippen molar-refractivity contribution in [2.45, 2.75) is 25.8 Å². The second kappa shape index (κ2) is 7.70. The quantitative estimate of drug-likeness (QED) is 0.645. The van der Waals surface area contributed by atoms with Crippen LogP contribution in [0.4, 0.5) is 4.39 Å². The van der Waals surface area contributed by atoms with Crippen LogP contribution in [0.2, 0.25) is 0 Å². The molecular formula is C23H23FN2O3.